The van der Waals surface area contributed by atoms with Crippen molar-refractivity contribution in [3.05, 3.63) is 58.7 Å². The van der Waals surface area contributed by atoms with Crippen molar-refractivity contribution in [3.8, 4) is 11.5 Å². The van der Waals surface area contributed by atoms with Crippen LogP contribution in [0.4, 0.5) is 0 Å². The first-order chi connectivity index (χ1) is 10.1. The topological polar surface area (TPSA) is 46.5 Å². The van der Waals surface area contributed by atoms with E-state index >= 15 is 0 Å². The van der Waals surface area contributed by atoms with Gasteiger partial charge in [0, 0.05) is 11.1 Å². The summed E-state index contributed by atoms with van der Waals surface area (Å²) in [5.74, 6) is -0.104. The molecule has 0 fully saturated rings. The molecule has 1 atom stereocenters. The van der Waals surface area contributed by atoms with E-state index in [9.17, 15) is 9.90 Å². The van der Waals surface area contributed by atoms with E-state index in [-0.39, 0.29) is 11.7 Å². The number of aromatic hydroxyl groups is 1. The number of carbonyl (C=O) groups excluding carboxylic acids is 1. The number of benzene rings is 2. The fraction of sp³-hybridized carbons (Fsp3) is 0.278. The van der Waals surface area contributed by atoms with E-state index in [1.165, 1.54) is 0 Å². The summed E-state index contributed by atoms with van der Waals surface area (Å²) in [5.41, 5.74) is 3.73. The van der Waals surface area contributed by atoms with Crippen LogP contribution in [0.25, 0.3) is 0 Å². The van der Waals surface area contributed by atoms with Gasteiger partial charge in [-0.05, 0) is 36.1 Å². The molecule has 3 rings (SSSR count). The van der Waals surface area contributed by atoms with Crippen molar-refractivity contribution in [2.45, 2.75) is 32.6 Å². The summed E-state index contributed by atoms with van der Waals surface area (Å²) < 4.78 is 5.35. The van der Waals surface area contributed by atoms with Gasteiger partial charge < -0.3 is 9.84 Å². The number of hydrogen-bond donors (Lipinski definition) is 1. The Labute approximate surface area is 124 Å². The first-order valence-electron chi connectivity index (χ1n) is 7.30. The number of ether oxygens (including phenoxy) is 1. The van der Waals surface area contributed by atoms with Gasteiger partial charge in [-0.15, -0.1) is 0 Å². The van der Waals surface area contributed by atoms with Crippen LogP contribution in [0.3, 0.4) is 0 Å². The van der Waals surface area contributed by atoms with Gasteiger partial charge in [0.2, 0.25) is 0 Å². The lowest BCUT2D eigenvalue weighted by Gasteiger charge is -2.12. The monoisotopic (exact) mass is 282 g/mol. The fourth-order valence-electron chi connectivity index (χ4n) is 2.78. The highest BCUT2D eigenvalue weighted by molar-refractivity contribution is 5.90. The zero-order valence-corrected chi connectivity index (χ0v) is 12.2. The van der Waals surface area contributed by atoms with Crippen LogP contribution >= 0.6 is 0 Å². The molecular weight excluding hydrogens is 264 g/mol. The van der Waals surface area contributed by atoms with Crippen molar-refractivity contribution < 1.29 is 14.6 Å². The van der Waals surface area contributed by atoms with Crippen LogP contribution in [0.2, 0.25) is 0 Å². The molecule has 3 heteroatoms. The lowest BCUT2D eigenvalue weighted by atomic mass is 9.89. The SMILES string of the molecule is CCc1ccc(O)c(C2C(=O)Oc3ccc(CC)cc32)c1. The molecule has 1 heterocycles. The largest absolute Gasteiger partial charge is 0.508 e. The average Bonchev–Trinajstić information content (AvgIpc) is 2.82. The van der Waals surface area contributed by atoms with Crippen molar-refractivity contribution in [3.63, 3.8) is 0 Å². The Morgan fingerprint density at radius 3 is 2.29 bits per heavy atom. The van der Waals surface area contributed by atoms with E-state index in [2.05, 4.69) is 6.92 Å². The highest BCUT2D eigenvalue weighted by Crippen LogP contribution is 2.42. The van der Waals surface area contributed by atoms with Crippen LogP contribution in [0.15, 0.2) is 36.4 Å². The molecule has 1 aliphatic rings. The highest BCUT2D eigenvalue weighted by Gasteiger charge is 2.36. The van der Waals surface area contributed by atoms with Gasteiger partial charge in [0.05, 0.1) is 0 Å². The molecule has 0 radical (unpaired) electrons. The number of esters is 1. The number of aryl methyl sites for hydroxylation is 2. The minimum absolute atomic E-state index is 0.143. The van der Waals surface area contributed by atoms with E-state index in [1.807, 2.05) is 37.3 Å². The lowest BCUT2D eigenvalue weighted by molar-refractivity contribution is -0.133. The number of fused-ring (bicyclic) bond motifs is 1. The van der Waals surface area contributed by atoms with Gasteiger partial charge in [-0.25, -0.2) is 0 Å². The number of phenols is 1. The van der Waals surface area contributed by atoms with Crippen molar-refractivity contribution in [2.75, 3.05) is 0 Å². The summed E-state index contributed by atoms with van der Waals surface area (Å²) in [7, 11) is 0. The molecular formula is C18H18O3. The second kappa shape index (κ2) is 5.24. The first-order valence-corrected chi connectivity index (χ1v) is 7.30. The quantitative estimate of drug-likeness (QED) is 0.691. The highest BCUT2D eigenvalue weighted by atomic mass is 16.5. The lowest BCUT2D eigenvalue weighted by Crippen LogP contribution is -2.12. The maximum atomic E-state index is 12.2. The van der Waals surface area contributed by atoms with Gasteiger partial charge in [0.25, 0.3) is 0 Å². The normalized spacial score (nSPS) is 16.7. The molecule has 1 unspecified atom stereocenters. The Kier molecular flexibility index (Phi) is 3.42. The molecule has 0 aromatic heterocycles. The van der Waals surface area contributed by atoms with E-state index in [0.29, 0.717) is 11.3 Å². The Balaban J connectivity index is 2.14. The predicted molar refractivity (Wildman–Crippen MR) is 80.8 cm³/mol. The third kappa shape index (κ3) is 2.29. The molecule has 2 aromatic rings. The van der Waals surface area contributed by atoms with Crippen molar-refractivity contribution in [1.82, 2.24) is 0 Å². The van der Waals surface area contributed by atoms with Gasteiger partial charge in [0.1, 0.15) is 17.4 Å². The summed E-state index contributed by atoms with van der Waals surface area (Å²) in [6, 6.07) is 11.2. The number of carbonyl (C=O) groups is 1. The Morgan fingerprint density at radius 1 is 1.00 bits per heavy atom. The van der Waals surface area contributed by atoms with Crippen LogP contribution in [0.5, 0.6) is 11.5 Å². The molecule has 0 saturated carbocycles. The molecule has 3 nitrogen and oxygen atoms in total. The van der Waals surface area contributed by atoms with Crippen LogP contribution in [0, 0.1) is 0 Å². The summed E-state index contributed by atoms with van der Waals surface area (Å²) in [4.78, 5) is 12.2. The van der Waals surface area contributed by atoms with E-state index < -0.39 is 5.92 Å². The maximum absolute atomic E-state index is 12.2. The summed E-state index contributed by atoms with van der Waals surface area (Å²) in [6.07, 6.45) is 1.76. The molecule has 0 saturated heterocycles. The third-order valence-electron chi connectivity index (χ3n) is 4.05. The molecule has 21 heavy (non-hydrogen) atoms. The Bertz CT molecular complexity index is 704. The van der Waals surface area contributed by atoms with Crippen LogP contribution < -0.4 is 4.74 Å². The predicted octanol–water partition coefficient (Wildman–Crippen LogP) is 3.57. The van der Waals surface area contributed by atoms with Crippen molar-refractivity contribution >= 4 is 5.97 Å². The summed E-state index contributed by atoms with van der Waals surface area (Å²) in [5, 5.41) is 10.2. The second-order valence-electron chi connectivity index (χ2n) is 5.33. The van der Waals surface area contributed by atoms with E-state index in [4.69, 9.17) is 4.74 Å². The molecule has 1 aliphatic heterocycles. The number of rotatable bonds is 3. The molecule has 0 bridgehead atoms. The Morgan fingerprint density at radius 2 is 1.62 bits per heavy atom. The third-order valence-corrected chi connectivity index (χ3v) is 4.05. The van der Waals surface area contributed by atoms with Crippen LogP contribution in [-0.4, -0.2) is 11.1 Å². The second-order valence-corrected chi connectivity index (χ2v) is 5.33. The van der Waals surface area contributed by atoms with E-state index in [0.717, 1.165) is 29.5 Å². The summed E-state index contributed by atoms with van der Waals surface area (Å²) in [6.45, 7) is 4.12. The standard InChI is InChI=1S/C18H18O3/c1-3-11-5-7-15(19)13(9-11)17-14-10-12(4-2)6-8-16(14)21-18(17)20/h5-10,17,19H,3-4H2,1-2H3. The number of hydrogen-bond acceptors (Lipinski definition) is 3. The maximum Gasteiger partial charge on any atom is 0.323 e. The molecule has 2 aromatic carbocycles. The zero-order valence-electron chi connectivity index (χ0n) is 12.2. The van der Waals surface area contributed by atoms with Gasteiger partial charge >= 0.3 is 5.97 Å². The number of phenolic OH excluding ortho intramolecular Hbond substituents is 1. The van der Waals surface area contributed by atoms with Gasteiger partial charge in [-0.2, -0.15) is 0 Å². The van der Waals surface area contributed by atoms with Crippen molar-refractivity contribution in [1.29, 1.82) is 0 Å². The molecule has 0 aliphatic carbocycles. The van der Waals surface area contributed by atoms with Crippen LogP contribution in [0.1, 0.15) is 42.0 Å². The fourth-order valence-corrected chi connectivity index (χ4v) is 2.78. The minimum Gasteiger partial charge on any atom is -0.508 e. The van der Waals surface area contributed by atoms with Gasteiger partial charge in [-0.3, -0.25) is 4.79 Å². The Hall–Kier alpha value is -2.29. The molecule has 0 amide bonds. The van der Waals surface area contributed by atoms with Gasteiger partial charge in [0.15, 0.2) is 0 Å². The van der Waals surface area contributed by atoms with Crippen molar-refractivity contribution in [2.24, 2.45) is 0 Å². The average molecular weight is 282 g/mol. The minimum atomic E-state index is -0.530. The van der Waals surface area contributed by atoms with E-state index in [1.54, 1.807) is 6.07 Å². The zero-order chi connectivity index (χ0) is 15.0. The van der Waals surface area contributed by atoms with Gasteiger partial charge in [-0.1, -0.05) is 38.1 Å². The summed E-state index contributed by atoms with van der Waals surface area (Å²) >= 11 is 0. The smallest absolute Gasteiger partial charge is 0.323 e. The molecule has 0 spiro atoms. The van der Waals surface area contributed by atoms with Crippen LogP contribution in [-0.2, 0) is 17.6 Å². The molecule has 108 valence electrons. The molecule has 1 N–H and O–H groups in total. The first kappa shape index (κ1) is 13.7.